The van der Waals surface area contributed by atoms with Gasteiger partial charge in [-0.25, -0.2) is 9.78 Å². The Balaban J connectivity index is 1.41. The molecule has 1 saturated carbocycles. The van der Waals surface area contributed by atoms with Gasteiger partial charge in [-0.1, -0.05) is 31.4 Å². The van der Waals surface area contributed by atoms with E-state index < -0.39 is 17.7 Å². The van der Waals surface area contributed by atoms with E-state index in [0.29, 0.717) is 38.5 Å². The first-order valence-corrected chi connectivity index (χ1v) is 13.2. The monoisotopic (exact) mass is 497 g/mol. The molecule has 1 atom stereocenters. The minimum Gasteiger partial charge on any atom is -0.444 e. The van der Waals surface area contributed by atoms with E-state index >= 15 is 0 Å². The van der Waals surface area contributed by atoms with Crippen molar-refractivity contribution in [3.63, 3.8) is 0 Å². The molecular weight excluding hydrogens is 458 g/mol. The van der Waals surface area contributed by atoms with Crippen LogP contribution in [0, 0.1) is 5.92 Å². The number of carbonyl (C=O) groups excluding carboxylic acids is 3. The predicted molar refractivity (Wildman–Crippen MR) is 137 cm³/mol. The Hall–Kier alpha value is -3.10. The summed E-state index contributed by atoms with van der Waals surface area (Å²) in [7, 11) is 0. The van der Waals surface area contributed by atoms with Crippen LogP contribution >= 0.6 is 0 Å². The second kappa shape index (κ2) is 11.3. The number of aromatic nitrogens is 2. The van der Waals surface area contributed by atoms with Gasteiger partial charge in [-0.05, 0) is 51.7 Å². The maximum atomic E-state index is 13.3. The second-order valence-electron chi connectivity index (χ2n) is 11.0. The van der Waals surface area contributed by atoms with Gasteiger partial charge < -0.3 is 24.4 Å². The molecule has 1 aromatic carbocycles. The SMILES string of the molecule is CC(C)(C)OC(=O)N1CCN(C(=O)CC2CCCCC2)[C@@H](C(=O)NCCn2cnc3ccccc32)C1. The molecule has 1 aliphatic carbocycles. The Labute approximate surface area is 213 Å². The topological polar surface area (TPSA) is 96.8 Å². The highest BCUT2D eigenvalue weighted by atomic mass is 16.6. The highest BCUT2D eigenvalue weighted by Crippen LogP contribution is 2.28. The molecule has 1 aliphatic heterocycles. The van der Waals surface area contributed by atoms with Crippen LogP contribution in [0.1, 0.15) is 59.3 Å². The van der Waals surface area contributed by atoms with E-state index in [1.807, 2.05) is 49.6 Å². The fourth-order valence-corrected chi connectivity index (χ4v) is 5.16. The van der Waals surface area contributed by atoms with Gasteiger partial charge in [-0.15, -0.1) is 0 Å². The summed E-state index contributed by atoms with van der Waals surface area (Å²) in [6, 6.07) is 7.12. The highest BCUT2D eigenvalue weighted by Gasteiger charge is 2.38. The zero-order valence-corrected chi connectivity index (χ0v) is 21.7. The van der Waals surface area contributed by atoms with Gasteiger partial charge in [0.15, 0.2) is 0 Å². The number of para-hydroxylation sites is 2. The first kappa shape index (κ1) is 26.0. The average molecular weight is 498 g/mol. The summed E-state index contributed by atoms with van der Waals surface area (Å²) < 4.78 is 7.53. The van der Waals surface area contributed by atoms with Gasteiger partial charge in [-0.2, -0.15) is 0 Å². The summed E-state index contributed by atoms with van der Waals surface area (Å²) in [5.74, 6) is 0.143. The smallest absolute Gasteiger partial charge is 0.410 e. The van der Waals surface area contributed by atoms with Crippen molar-refractivity contribution in [1.82, 2.24) is 24.7 Å². The van der Waals surface area contributed by atoms with Gasteiger partial charge >= 0.3 is 6.09 Å². The molecule has 2 aliphatic rings. The number of hydrogen-bond acceptors (Lipinski definition) is 5. The third-order valence-electron chi connectivity index (χ3n) is 7.02. The Bertz CT molecular complexity index is 1070. The van der Waals surface area contributed by atoms with Crippen LogP contribution < -0.4 is 5.32 Å². The fraction of sp³-hybridized carbons (Fsp3) is 0.630. The molecule has 2 heterocycles. The lowest BCUT2D eigenvalue weighted by molar-refractivity contribution is -0.144. The Morgan fingerprint density at radius 1 is 1.08 bits per heavy atom. The van der Waals surface area contributed by atoms with E-state index in [9.17, 15) is 14.4 Å². The number of hydrogen-bond donors (Lipinski definition) is 1. The third-order valence-corrected chi connectivity index (χ3v) is 7.02. The number of piperazine rings is 1. The molecule has 1 saturated heterocycles. The number of benzene rings is 1. The molecule has 0 bridgehead atoms. The minimum atomic E-state index is -0.734. The van der Waals surface area contributed by atoms with Gasteiger partial charge in [0.1, 0.15) is 11.6 Å². The number of ether oxygens (including phenoxy) is 1. The summed E-state index contributed by atoms with van der Waals surface area (Å²) in [5.41, 5.74) is 1.28. The van der Waals surface area contributed by atoms with Crippen molar-refractivity contribution in [1.29, 1.82) is 0 Å². The van der Waals surface area contributed by atoms with E-state index in [1.165, 1.54) is 6.42 Å². The molecule has 1 aromatic heterocycles. The third kappa shape index (κ3) is 6.56. The zero-order chi connectivity index (χ0) is 25.7. The number of carbonyl (C=O) groups is 3. The van der Waals surface area contributed by atoms with Crippen molar-refractivity contribution in [2.24, 2.45) is 5.92 Å². The van der Waals surface area contributed by atoms with Crippen LogP contribution in [0.2, 0.25) is 0 Å². The van der Waals surface area contributed by atoms with Crippen LogP contribution in [0.25, 0.3) is 11.0 Å². The van der Waals surface area contributed by atoms with Gasteiger partial charge in [0.25, 0.3) is 0 Å². The molecule has 1 N–H and O–H groups in total. The standard InChI is InChI=1S/C27H39N5O4/c1-27(2,3)36-26(35)30-15-16-32(24(33)17-20-9-5-4-6-10-20)23(18-30)25(34)28-13-14-31-19-29-21-11-7-8-12-22(21)31/h7-8,11-12,19-20,23H,4-6,9-10,13-18H2,1-3H3,(H,28,34)/t23-/m1/s1. The fourth-order valence-electron chi connectivity index (χ4n) is 5.16. The van der Waals surface area contributed by atoms with E-state index in [0.717, 1.165) is 36.7 Å². The van der Waals surface area contributed by atoms with Gasteiger partial charge in [0.05, 0.1) is 23.9 Å². The second-order valence-corrected chi connectivity index (χ2v) is 11.0. The Morgan fingerprint density at radius 2 is 1.83 bits per heavy atom. The highest BCUT2D eigenvalue weighted by molar-refractivity contribution is 5.89. The van der Waals surface area contributed by atoms with Crippen molar-refractivity contribution in [3.05, 3.63) is 30.6 Å². The summed E-state index contributed by atoms with van der Waals surface area (Å²) >= 11 is 0. The van der Waals surface area contributed by atoms with Gasteiger partial charge in [0.2, 0.25) is 11.8 Å². The number of fused-ring (bicyclic) bond motifs is 1. The van der Waals surface area contributed by atoms with Crippen molar-refractivity contribution in [2.45, 2.75) is 77.5 Å². The summed E-state index contributed by atoms with van der Waals surface area (Å²) in [6.45, 7) is 7.23. The molecule has 4 rings (SSSR count). The van der Waals surface area contributed by atoms with Crippen molar-refractivity contribution < 1.29 is 19.1 Å². The predicted octanol–water partition coefficient (Wildman–Crippen LogP) is 3.57. The molecule has 0 spiro atoms. The van der Waals surface area contributed by atoms with E-state index in [-0.39, 0.29) is 18.4 Å². The number of imidazole rings is 1. The molecule has 3 amide bonds. The van der Waals surface area contributed by atoms with E-state index in [1.54, 1.807) is 16.1 Å². The lowest BCUT2D eigenvalue weighted by atomic mass is 9.86. The summed E-state index contributed by atoms with van der Waals surface area (Å²) in [5, 5.41) is 2.99. The van der Waals surface area contributed by atoms with Crippen LogP contribution in [0.15, 0.2) is 30.6 Å². The number of amides is 3. The Morgan fingerprint density at radius 3 is 2.58 bits per heavy atom. The minimum absolute atomic E-state index is 0.00601. The summed E-state index contributed by atoms with van der Waals surface area (Å²) in [4.78, 5) is 47.0. The molecule has 36 heavy (non-hydrogen) atoms. The molecule has 196 valence electrons. The maximum Gasteiger partial charge on any atom is 0.410 e. The molecule has 9 heteroatoms. The van der Waals surface area contributed by atoms with Gasteiger partial charge in [-0.3, -0.25) is 9.59 Å². The zero-order valence-electron chi connectivity index (χ0n) is 21.7. The van der Waals surface area contributed by atoms with Crippen LogP contribution in [-0.2, 0) is 20.9 Å². The average Bonchev–Trinajstić information content (AvgIpc) is 3.26. The van der Waals surface area contributed by atoms with Crippen molar-refractivity contribution >= 4 is 28.9 Å². The molecule has 0 radical (unpaired) electrons. The number of nitrogens with zero attached hydrogens (tertiary/aromatic N) is 4. The van der Waals surface area contributed by atoms with Crippen molar-refractivity contribution in [2.75, 3.05) is 26.2 Å². The quantitative estimate of drug-likeness (QED) is 0.658. The Kier molecular flexibility index (Phi) is 8.16. The van der Waals surface area contributed by atoms with Crippen LogP contribution in [0.5, 0.6) is 0 Å². The lowest BCUT2D eigenvalue weighted by Crippen LogP contribution is -2.62. The first-order chi connectivity index (χ1) is 17.2. The van der Waals surface area contributed by atoms with Gasteiger partial charge in [0, 0.05) is 32.6 Å². The molecular formula is C27H39N5O4. The summed E-state index contributed by atoms with van der Waals surface area (Å²) in [6.07, 6.45) is 7.48. The molecule has 0 unspecified atom stereocenters. The van der Waals surface area contributed by atoms with Crippen LogP contribution in [0.3, 0.4) is 0 Å². The normalized spacial score (nSPS) is 19.4. The number of rotatable bonds is 6. The first-order valence-electron chi connectivity index (χ1n) is 13.2. The lowest BCUT2D eigenvalue weighted by Gasteiger charge is -2.41. The molecule has 2 fully saturated rings. The van der Waals surface area contributed by atoms with Crippen molar-refractivity contribution in [3.8, 4) is 0 Å². The molecule has 2 aromatic rings. The largest absolute Gasteiger partial charge is 0.444 e. The molecule has 9 nitrogen and oxygen atoms in total. The van der Waals surface area contributed by atoms with Crippen LogP contribution in [-0.4, -0.2) is 75.1 Å². The van der Waals surface area contributed by atoms with E-state index in [2.05, 4.69) is 10.3 Å². The van der Waals surface area contributed by atoms with E-state index in [4.69, 9.17) is 4.74 Å². The maximum absolute atomic E-state index is 13.3. The van der Waals surface area contributed by atoms with Crippen LogP contribution in [0.4, 0.5) is 4.79 Å². The number of nitrogens with one attached hydrogen (secondary N) is 1.